The van der Waals surface area contributed by atoms with E-state index in [0.717, 1.165) is 18.4 Å². The van der Waals surface area contributed by atoms with Gasteiger partial charge in [-0.3, -0.25) is 4.98 Å². The molecule has 0 aliphatic carbocycles. The van der Waals surface area contributed by atoms with Crippen LogP contribution in [0.25, 0.3) is 0 Å². The molecule has 3 nitrogen and oxygen atoms in total. The highest BCUT2D eigenvalue weighted by molar-refractivity contribution is 5.03. The summed E-state index contributed by atoms with van der Waals surface area (Å²) in [6.45, 7) is 4.96. The molecule has 0 radical (unpaired) electrons. The monoisotopic (exact) mass is 259 g/mol. The minimum Gasteiger partial charge on any atom is -0.314 e. The van der Waals surface area contributed by atoms with E-state index >= 15 is 0 Å². The summed E-state index contributed by atoms with van der Waals surface area (Å²) in [5.41, 5.74) is 1.22. The van der Waals surface area contributed by atoms with E-state index in [2.05, 4.69) is 27.3 Å². The highest BCUT2D eigenvalue weighted by Gasteiger charge is 2.27. The maximum atomic E-state index is 4.40. The summed E-state index contributed by atoms with van der Waals surface area (Å²) in [5, 5.41) is 3.67. The Kier molecular flexibility index (Phi) is 4.46. The van der Waals surface area contributed by atoms with Crippen molar-refractivity contribution in [3.05, 3.63) is 30.1 Å². The van der Waals surface area contributed by atoms with Crippen molar-refractivity contribution in [1.29, 1.82) is 0 Å². The van der Waals surface area contributed by atoms with E-state index in [9.17, 15) is 0 Å². The summed E-state index contributed by atoms with van der Waals surface area (Å²) in [6.07, 6.45) is 8.52. The summed E-state index contributed by atoms with van der Waals surface area (Å²) in [7, 11) is 0. The van der Waals surface area contributed by atoms with E-state index in [0.29, 0.717) is 0 Å². The third kappa shape index (κ3) is 3.54. The fraction of sp³-hybridized carbons (Fsp3) is 0.688. The molecule has 0 bridgehead atoms. The van der Waals surface area contributed by atoms with Crippen LogP contribution in [0.5, 0.6) is 0 Å². The fourth-order valence-electron chi connectivity index (χ4n) is 3.51. The van der Waals surface area contributed by atoms with Crippen molar-refractivity contribution in [2.24, 2.45) is 5.92 Å². The number of aromatic nitrogens is 1. The lowest BCUT2D eigenvalue weighted by molar-refractivity contribution is 0.165. The lowest BCUT2D eigenvalue weighted by Gasteiger charge is -2.34. The molecule has 0 saturated carbocycles. The number of likely N-dealkylation sites (tertiary alicyclic amines) is 1. The van der Waals surface area contributed by atoms with Gasteiger partial charge in [0.1, 0.15) is 0 Å². The van der Waals surface area contributed by atoms with Crippen molar-refractivity contribution in [2.45, 2.75) is 38.1 Å². The quantitative estimate of drug-likeness (QED) is 0.897. The molecule has 3 rings (SSSR count). The van der Waals surface area contributed by atoms with Gasteiger partial charge in [0.05, 0.1) is 0 Å². The van der Waals surface area contributed by atoms with Crippen molar-refractivity contribution < 1.29 is 0 Å². The van der Waals surface area contributed by atoms with Gasteiger partial charge in [0.15, 0.2) is 0 Å². The number of piperidine rings is 1. The molecule has 2 saturated heterocycles. The summed E-state index contributed by atoms with van der Waals surface area (Å²) in [5.74, 6) is 0.925. The van der Waals surface area contributed by atoms with E-state index in [1.165, 1.54) is 57.6 Å². The molecule has 1 aromatic heterocycles. The first-order valence-corrected chi connectivity index (χ1v) is 7.77. The van der Waals surface area contributed by atoms with E-state index in [1.54, 1.807) is 0 Å². The van der Waals surface area contributed by atoms with Crippen LogP contribution in [0, 0.1) is 5.92 Å². The minimum atomic E-state index is 0.818. The van der Waals surface area contributed by atoms with Crippen molar-refractivity contribution in [1.82, 2.24) is 15.2 Å². The second kappa shape index (κ2) is 6.49. The zero-order valence-electron chi connectivity index (χ0n) is 11.7. The molecule has 2 fully saturated rings. The van der Waals surface area contributed by atoms with Crippen LogP contribution < -0.4 is 5.32 Å². The molecule has 104 valence electrons. The summed E-state index contributed by atoms with van der Waals surface area (Å²) < 4.78 is 0. The Balaban J connectivity index is 1.40. The molecule has 19 heavy (non-hydrogen) atoms. The van der Waals surface area contributed by atoms with Crippen LogP contribution >= 0.6 is 0 Å². The third-order valence-corrected chi connectivity index (χ3v) is 4.71. The van der Waals surface area contributed by atoms with Crippen LogP contribution in [0.1, 0.15) is 31.4 Å². The predicted molar refractivity (Wildman–Crippen MR) is 78.1 cm³/mol. The van der Waals surface area contributed by atoms with Crippen LogP contribution in [0.4, 0.5) is 0 Å². The molecule has 0 aromatic carbocycles. The van der Waals surface area contributed by atoms with Crippen molar-refractivity contribution in [3.63, 3.8) is 0 Å². The Labute approximate surface area is 116 Å². The molecular weight excluding hydrogens is 234 g/mol. The van der Waals surface area contributed by atoms with Crippen LogP contribution in [0.15, 0.2) is 24.4 Å². The molecule has 0 spiro atoms. The molecule has 1 unspecified atom stereocenters. The minimum absolute atomic E-state index is 0.818. The van der Waals surface area contributed by atoms with Crippen LogP contribution in [-0.2, 0) is 6.42 Å². The molecule has 3 heterocycles. The molecule has 0 amide bonds. The molecule has 1 atom stereocenters. The highest BCUT2D eigenvalue weighted by Crippen LogP contribution is 2.25. The van der Waals surface area contributed by atoms with Crippen molar-refractivity contribution in [3.8, 4) is 0 Å². The standard InChI is InChI=1S/C16H25N3/c1-2-9-17-15(4-1)8-13-19-11-6-14(7-12-19)16-5-3-10-18-16/h1-2,4,9,14,16,18H,3,5-8,10-13H2. The van der Waals surface area contributed by atoms with Gasteiger partial charge in [0, 0.05) is 30.9 Å². The van der Waals surface area contributed by atoms with Crippen molar-refractivity contribution >= 4 is 0 Å². The molecule has 3 heteroatoms. The van der Waals surface area contributed by atoms with Crippen LogP contribution in [0.3, 0.4) is 0 Å². The number of nitrogens with zero attached hydrogens (tertiary/aromatic N) is 2. The van der Waals surface area contributed by atoms with Gasteiger partial charge < -0.3 is 10.2 Å². The van der Waals surface area contributed by atoms with Crippen LogP contribution in [0.2, 0.25) is 0 Å². The second-order valence-corrected chi connectivity index (χ2v) is 5.95. The topological polar surface area (TPSA) is 28.2 Å². The Morgan fingerprint density at radius 1 is 1.21 bits per heavy atom. The van der Waals surface area contributed by atoms with E-state index < -0.39 is 0 Å². The number of pyridine rings is 1. The summed E-state index contributed by atoms with van der Waals surface area (Å²) in [4.78, 5) is 7.02. The van der Waals surface area contributed by atoms with Gasteiger partial charge in [-0.1, -0.05) is 6.07 Å². The first-order valence-electron chi connectivity index (χ1n) is 7.77. The Bertz CT molecular complexity index is 365. The van der Waals surface area contributed by atoms with Gasteiger partial charge in [-0.25, -0.2) is 0 Å². The first-order chi connectivity index (χ1) is 9.42. The lowest BCUT2D eigenvalue weighted by atomic mass is 9.88. The number of rotatable bonds is 4. The zero-order valence-corrected chi connectivity index (χ0v) is 11.7. The summed E-state index contributed by atoms with van der Waals surface area (Å²) >= 11 is 0. The number of hydrogen-bond acceptors (Lipinski definition) is 3. The molecule has 2 aliphatic rings. The average Bonchev–Trinajstić information content (AvgIpc) is 3.01. The maximum Gasteiger partial charge on any atom is 0.0416 e. The number of hydrogen-bond donors (Lipinski definition) is 1. The van der Waals surface area contributed by atoms with E-state index in [-0.39, 0.29) is 0 Å². The van der Waals surface area contributed by atoms with Crippen molar-refractivity contribution in [2.75, 3.05) is 26.2 Å². The SMILES string of the molecule is c1ccc(CCN2CCC(C3CCCN3)CC2)nc1. The predicted octanol–water partition coefficient (Wildman–Crippen LogP) is 2.09. The number of nitrogens with one attached hydrogen (secondary N) is 1. The molecular formula is C16H25N3. The fourth-order valence-corrected chi connectivity index (χ4v) is 3.51. The van der Waals surface area contributed by atoms with Gasteiger partial charge in [-0.05, 0) is 63.4 Å². The van der Waals surface area contributed by atoms with Gasteiger partial charge in [0.25, 0.3) is 0 Å². The van der Waals surface area contributed by atoms with Crippen LogP contribution in [-0.4, -0.2) is 42.1 Å². The summed E-state index contributed by atoms with van der Waals surface area (Å²) in [6, 6.07) is 7.02. The van der Waals surface area contributed by atoms with Gasteiger partial charge >= 0.3 is 0 Å². The average molecular weight is 259 g/mol. The third-order valence-electron chi connectivity index (χ3n) is 4.71. The van der Waals surface area contributed by atoms with Gasteiger partial charge in [-0.15, -0.1) is 0 Å². The Morgan fingerprint density at radius 3 is 2.79 bits per heavy atom. The maximum absolute atomic E-state index is 4.40. The Hall–Kier alpha value is -0.930. The lowest BCUT2D eigenvalue weighted by Crippen LogP contribution is -2.41. The second-order valence-electron chi connectivity index (χ2n) is 5.95. The normalized spacial score (nSPS) is 25.8. The first kappa shape index (κ1) is 13.1. The van der Waals surface area contributed by atoms with E-state index in [1.807, 2.05) is 12.3 Å². The Morgan fingerprint density at radius 2 is 2.11 bits per heavy atom. The molecule has 2 aliphatic heterocycles. The molecule has 1 aromatic rings. The highest BCUT2D eigenvalue weighted by atomic mass is 15.1. The van der Waals surface area contributed by atoms with Gasteiger partial charge in [-0.2, -0.15) is 0 Å². The van der Waals surface area contributed by atoms with Gasteiger partial charge in [0.2, 0.25) is 0 Å². The van der Waals surface area contributed by atoms with E-state index in [4.69, 9.17) is 0 Å². The zero-order chi connectivity index (χ0) is 12.9. The molecule has 1 N–H and O–H groups in total. The smallest absolute Gasteiger partial charge is 0.0416 e. The largest absolute Gasteiger partial charge is 0.314 e.